The predicted molar refractivity (Wildman–Crippen MR) is 102 cm³/mol. The standard InChI is InChI=1S/C20H24FN5O/c1-14-22-18-8-11-26(20(27)24-16-7-5-6-15(21)12-16)13-17(18)19(23-14)25-9-3-2-4-10-25/h5-7,12H,2-4,8-11,13H2,1H3,(H,24,27). The second kappa shape index (κ2) is 7.50. The Balaban J connectivity index is 1.55. The summed E-state index contributed by atoms with van der Waals surface area (Å²) in [5.41, 5.74) is 2.54. The highest BCUT2D eigenvalue weighted by molar-refractivity contribution is 5.89. The van der Waals surface area contributed by atoms with Crippen molar-refractivity contribution in [2.24, 2.45) is 0 Å². The number of anilines is 2. The number of urea groups is 1. The highest BCUT2D eigenvalue weighted by Gasteiger charge is 2.27. The van der Waals surface area contributed by atoms with E-state index in [0.717, 1.165) is 36.0 Å². The molecule has 1 fully saturated rings. The second-order valence-electron chi connectivity index (χ2n) is 7.18. The Hall–Kier alpha value is -2.70. The molecule has 27 heavy (non-hydrogen) atoms. The minimum absolute atomic E-state index is 0.226. The third-order valence-corrected chi connectivity index (χ3v) is 5.17. The number of hydrogen-bond acceptors (Lipinski definition) is 4. The number of nitrogens with zero attached hydrogens (tertiary/aromatic N) is 4. The SMILES string of the molecule is Cc1nc2c(c(N3CCCCC3)n1)CN(C(=O)Nc1cccc(F)c1)CC2. The number of aromatic nitrogens is 2. The Morgan fingerprint density at radius 3 is 2.74 bits per heavy atom. The van der Waals surface area contributed by atoms with Crippen LogP contribution in [0.15, 0.2) is 24.3 Å². The average molecular weight is 369 g/mol. The molecule has 142 valence electrons. The van der Waals surface area contributed by atoms with Gasteiger partial charge in [0.05, 0.1) is 12.2 Å². The lowest BCUT2D eigenvalue weighted by Gasteiger charge is -2.34. The molecule has 0 unspecified atom stereocenters. The van der Waals surface area contributed by atoms with E-state index in [1.807, 2.05) is 6.92 Å². The van der Waals surface area contributed by atoms with Crippen LogP contribution < -0.4 is 10.2 Å². The van der Waals surface area contributed by atoms with Gasteiger partial charge in [-0.25, -0.2) is 19.2 Å². The first-order valence-corrected chi connectivity index (χ1v) is 9.53. The number of fused-ring (bicyclic) bond motifs is 1. The lowest BCUT2D eigenvalue weighted by Crippen LogP contribution is -2.41. The number of carbonyl (C=O) groups is 1. The van der Waals surface area contributed by atoms with E-state index in [9.17, 15) is 9.18 Å². The topological polar surface area (TPSA) is 61.4 Å². The van der Waals surface area contributed by atoms with Crippen LogP contribution in [0.4, 0.5) is 20.7 Å². The molecule has 4 rings (SSSR count). The van der Waals surface area contributed by atoms with Crippen LogP contribution in [0.2, 0.25) is 0 Å². The largest absolute Gasteiger partial charge is 0.356 e. The van der Waals surface area contributed by atoms with Gasteiger partial charge in [0.1, 0.15) is 17.5 Å². The predicted octanol–water partition coefficient (Wildman–Crippen LogP) is 3.50. The monoisotopic (exact) mass is 369 g/mol. The van der Waals surface area contributed by atoms with Gasteiger partial charge in [0.15, 0.2) is 0 Å². The number of benzene rings is 1. The molecule has 1 saturated heterocycles. The summed E-state index contributed by atoms with van der Waals surface area (Å²) in [7, 11) is 0. The van der Waals surface area contributed by atoms with E-state index in [-0.39, 0.29) is 11.8 Å². The minimum Gasteiger partial charge on any atom is -0.356 e. The molecule has 0 radical (unpaired) electrons. The smallest absolute Gasteiger partial charge is 0.322 e. The molecule has 2 amide bonds. The average Bonchev–Trinajstić information content (AvgIpc) is 2.67. The van der Waals surface area contributed by atoms with Crippen LogP contribution in [0.5, 0.6) is 0 Å². The summed E-state index contributed by atoms with van der Waals surface area (Å²) in [6, 6.07) is 5.72. The number of carbonyl (C=O) groups excluding carboxylic acids is 1. The van der Waals surface area contributed by atoms with E-state index in [4.69, 9.17) is 4.98 Å². The maximum Gasteiger partial charge on any atom is 0.322 e. The number of piperidine rings is 1. The van der Waals surface area contributed by atoms with Crippen LogP contribution in [-0.2, 0) is 13.0 Å². The Morgan fingerprint density at radius 2 is 1.96 bits per heavy atom. The summed E-state index contributed by atoms with van der Waals surface area (Å²) in [5.74, 6) is 1.39. The zero-order valence-electron chi connectivity index (χ0n) is 15.5. The minimum atomic E-state index is -0.368. The summed E-state index contributed by atoms with van der Waals surface area (Å²) in [5, 5.41) is 2.79. The van der Waals surface area contributed by atoms with Crippen molar-refractivity contribution in [2.75, 3.05) is 29.9 Å². The van der Waals surface area contributed by atoms with E-state index in [0.29, 0.717) is 25.2 Å². The van der Waals surface area contributed by atoms with Gasteiger partial charge in [-0.2, -0.15) is 0 Å². The number of rotatable bonds is 2. The highest BCUT2D eigenvalue weighted by atomic mass is 19.1. The van der Waals surface area contributed by atoms with E-state index in [1.54, 1.807) is 17.0 Å². The van der Waals surface area contributed by atoms with Gasteiger partial charge in [0.25, 0.3) is 0 Å². The van der Waals surface area contributed by atoms with Crippen molar-refractivity contribution in [3.8, 4) is 0 Å². The number of amides is 2. The summed E-state index contributed by atoms with van der Waals surface area (Å²) >= 11 is 0. The lowest BCUT2D eigenvalue weighted by molar-refractivity contribution is 0.206. The van der Waals surface area contributed by atoms with Gasteiger partial charge in [0, 0.05) is 37.3 Å². The molecule has 3 heterocycles. The first-order chi connectivity index (χ1) is 13.1. The summed E-state index contributed by atoms with van der Waals surface area (Å²) < 4.78 is 13.4. The molecular weight excluding hydrogens is 345 g/mol. The molecule has 2 aliphatic heterocycles. The van der Waals surface area contributed by atoms with Gasteiger partial charge in [-0.3, -0.25) is 0 Å². The highest BCUT2D eigenvalue weighted by Crippen LogP contribution is 2.29. The van der Waals surface area contributed by atoms with Crippen molar-refractivity contribution in [1.82, 2.24) is 14.9 Å². The molecule has 0 saturated carbocycles. The molecule has 7 heteroatoms. The first kappa shape index (κ1) is 17.7. The van der Waals surface area contributed by atoms with E-state index >= 15 is 0 Å². The molecule has 0 bridgehead atoms. The van der Waals surface area contributed by atoms with Crippen LogP contribution in [0, 0.1) is 12.7 Å². The molecule has 1 N–H and O–H groups in total. The summed E-state index contributed by atoms with van der Waals surface area (Å²) in [4.78, 5) is 26.1. The zero-order valence-corrected chi connectivity index (χ0v) is 15.5. The van der Waals surface area contributed by atoms with Crippen LogP contribution >= 0.6 is 0 Å². The van der Waals surface area contributed by atoms with E-state index in [2.05, 4.69) is 15.2 Å². The van der Waals surface area contributed by atoms with Gasteiger partial charge < -0.3 is 15.1 Å². The maximum absolute atomic E-state index is 13.4. The van der Waals surface area contributed by atoms with Crippen molar-refractivity contribution >= 4 is 17.5 Å². The number of nitrogens with one attached hydrogen (secondary N) is 1. The Labute approximate surface area is 158 Å². The Kier molecular flexibility index (Phi) is 4.92. The van der Waals surface area contributed by atoms with Crippen molar-refractivity contribution in [1.29, 1.82) is 0 Å². The summed E-state index contributed by atoms with van der Waals surface area (Å²) in [6.45, 7) is 4.99. The van der Waals surface area contributed by atoms with Crippen molar-refractivity contribution in [3.63, 3.8) is 0 Å². The first-order valence-electron chi connectivity index (χ1n) is 9.53. The number of aryl methyl sites for hydroxylation is 1. The molecule has 0 atom stereocenters. The summed E-state index contributed by atoms with van der Waals surface area (Å²) in [6.07, 6.45) is 4.30. The molecule has 0 aliphatic carbocycles. The van der Waals surface area contributed by atoms with Gasteiger partial charge >= 0.3 is 6.03 Å². The van der Waals surface area contributed by atoms with E-state index in [1.165, 1.54) is 31.4 Å². The van der Waals surface area contributed by atoms with Gasteiger partial charge in [-0.15, -0.1) is 0 Å². The molecule has 2 aliphatic rings. The number of hydrogen-bond donors (Lipinski definition) is 1. The van der Waals surface area contributed by atoms with Crippen molar-refractivity contribution in [2.45, 2.75) is 39.2 Å². The fourth-order valence-electron chi connectivity index (χ4n) is 3.83. The Morgan fingerprint density at radius 1 is 1.15 bits per heavy atom. The normalized spacial score (nSPS) is 16.8. The molecule has 2 aromatic rings. The van der Waals surface area contributed by atoms with Gasteiger partial charge in [0.2, 0.25) is 0 Å². The molecule has 0 spiro atoms. The maximum atomic E-state index is 13.4. The van der Waals surface area contributed by atoms with Crippen molar-refractivity contribution in [3.05, 3.63) is 47.2 Å². The Bertz CT molecular complexity index is 850. The second-order valence-corrected chi connectivity index (χ2v) is 7.18. The fraction of sp³-hybridized carbons (Fsp3) is 0.450. The molecule has 6 nitrogen and oxygen atoms in total. The van der Waals surface area contributed by atoms with Crippen LogP contribution in [-0.4, -0.2) is 40.5 Å². The third-order valence-electron chi connectivity index (χ3n) is 5.17. The van der Waals surface area contributed by atoms with Crippen molar-refractivity contribution < 1.29 is 9.18 Å². The number of halogens is 1. The van der Waals surface area contributed by atoms with E-state index < -0.39 is 0 Å². The lowest BCUT2D eigenvalue weighted by atomic mass is 10.0. The molecule has 1 aromatic heterocycles. The molecular formula is C20H24FN5O. The third kappa shape index (κ3) is 3.86. The van der Waals surface area contributed by atoms with Crippen LogP contribution in [0.3, 0.4) is 0 Å². The molecule has 1 aromatic carbocycles. The zero-order chi connectivity index (χ0) is 18.8. The van der Waals surface area contributed by atoms with Gasteiger partial charge in [-0.05, 0) is 44.4 Å². The van der Waals surface area contributed by atoms with Crippen LogP contribution in [0.25, 0.3) is 0 Å². The quantitative estimate of drug-likeness (QED) is 0.880. The van der Waals surface area contributed by atoms with Crippen LogP contribution in [0.1, 0.15) is 36.3 Å². The van der Waals surface area contributed by atoms with Gasteiger partial charge in [-0.1, -0.05) is 6.07 Å². The fourth-order valence-corrected chi connectivity index (χ4v) is 3.83.